The number of ether oxygens (including phenoxy) is 1. The number of aromatic carboxylic acids is 1. The summed E-state index contributed by atoms with van der Waals surface area (Å²) >= 11 is 0. The predicted octanol–water partition coefficient (Wildman–Crippen LogP) is 2.74. The van der Waals surface area contributed by atoms with Crippen LogP contribution in [0.3, 0.4) is 0 Å². The van der Waals surface area contributed by atoms with E-state index in [2.05, 4.69) is 9.72 Å². The number of carbonyl (C=O) groups is 1. The molecule has 1 heterocycles. The number of pyridine rings is 1. The number of rotatable bonds is 3. The number of aromatic nitrogens is 1. The van der Waals surface area contributed by atoms with Gasteiger partial charge in [0.2, 0.25) is 0 Å². The molecule has 4 nitrogen and oxygen atoms in total. The number of carboxylic acids is 1. The van der Waals surface area contributed by atoms with Crippen LogP contribution < -0.4 is 4.74 Å². The van der Waals surface area contributed by atoms with Crippen molar-refractivity contribution < 1.29 is 36.6 Å². The molecule has 100 valence electrons. The maximum Gasteiger partial charge on any atom is 0.421 e. The van der Waals surface area contributed by atoms with Crippen molar-refractivity contribution >= 4 is 5.97 Å². The van der Waals surface area contributed by atoms with Crippen LogP contribution in [0.25, 0.3) is 0 Å². The smallest absolute Gasteiger partial charge is 0.421 e. The van der Waals surface area contributed by atoms with Crippen LogP contribution in [0.15, 0.2) is 6.07 Å². The van der Waals surface area contributed by atoms with Crippen LogP contribution in [0.4, 0.5) is 22.0 Å². The van der Waals surface area contributed by atoms with Gasteiger partial charge in [0, 0.05) is 6.07 Å². The second-order valence-corrected chi connectivity index (χ2v) is 3.07. The van der Waals surface area contributed by atoms with E-state index in [1.165, 1.54) is 0 Å². The summed E-state index contributed by atoms with van der Waals surface area (Å²) in [4.78, 5) is 13.4. The molecular weight excluding hydrogens is 265 g/mol. The predicted molar refractivity (Wildman–Crippen MR) is 47.7 cm³/mol. The number of methoxy groups -OCH3 is 1. The van der Waals surface area contributed by atoms with Crippen molar-refractivity contribution in [3.63, 3.8) is 0 Å². The lowest BCUT2D eigenvalue weighted by Crippen LogP contribution is -2.16. The van der Waals surface area contributed by atoms with Gasteiger partial charge in [-0.2, -0.15) is 13.2 Å². The third-order valence-electron chi connectivity index (χ3n) is 1.94. The summed E-state index contributed by atoms with van der Waals surface area (Å²) < 4.78 is 67.1. The lowest BCUT2D eigenvalue weighted by Gasteiger charge is -2.16. The molecule has 0 fully saturated rings. The van der Waals surface area contributed by atoms with Crippen LogP contribution in [0.2, 0.25) is 0 Å². The molecule has 1 aromatic rings. The minimum atomic E-state index is -5.12. The van der Waals surface area contributed by atoms with Crippen LogP contribution in [-0.2, 0) is 6.18 Å². The van der Waals surface area contributed by atoms with Gasteiger partial charge in [0.25, 0.3) is 6.43 Å². The Balaban J connectivity index is 3.62. The van der Waals surface area contributed by atoms with Gasteiger partial charge in [0.1, 0.15) is 17.0 Å². The zero-order valence-corrected chi connectivity index (χ0v) is 8.76. The Labute approximate surface area is 97.0 Å². The number of hydrogen-bond acceptors (Lipinski definition) is 3. The Hall–Kier alpha value is -1.93. The van der Waals surface area contributed by atoms with Crippen LogP contribution in [0.5, 0.6) is 5.75 Å². The molecule has 9 heteroatoms. The van der Waals surface area contributed by atoms with Gasteiger partial charge in [-0.1, -0.05) is 0 Å². The summed E-state index contributed by atoms with van der Waals surface area (Å²) in [7, 11) is 0.811. The standard InChI is InChI=1S/C9H6F5NO3/c1-18-4-2-3(8(16)17)15-6(7(10)11)5(4)9(12,13)14/h2,7H,1H3,(H,16,17). The summed E-state index contributed by atoms with van der Waals surface area (Å²) in [6, 6.07) is 0.442. The SMILES string of the molecule is COc1cc(C(=O)O)nc(C(F)F)c1C(F)(F)F. The summed E-state index contributed by atoms with van der Waals surface area (Å²) in [5.74, 6) is -2.74. The van der Waals surface area contributed by atoms with Gasteiger partial charge in [0.05, 0.1) is 7.11 Å². The van der Waals surface area contributed by atoms with Gasteiger partial charge in [0.15, 0.2) is 5.69 Å². The first kappa shape index (κ1) is 14.1. The molecule has 0 aliphatic rings. The Morgan fingerprint density at radius 1 is 1.44 bits per heavy atom. The molecule has 0 amide bonds. The van der Waals surface area contributed by atoms with E-state index < -0.39 is 41.3 Å². The second kappa shape index (κ2) is 4.75. The van der Waals surface area contributed by atoms with E-state index in [0.29, 0.717) is 6.07 Å². The van der Waals surface area contributed by atoms with Gasteiger partial charge in [-0.05, 0) is 0 Å². The van der Waals surface area contributed by atoms with E-state index in [0.717, 1.165) is 7.11 Å². The van der Waals surface area contributed by atoms with Crippen molar-refractivity contribution in [3.05, 3.63) is 23.0 Å². The summed E-state index contributed by atoms with van der Waals surface area (Å²) in [6.07, 6.45) is -8.70. The van der Waals surface area contributed by atoms with Crippen LogP contribution in [0.1, 0.15) is 28.2 Å². The molecule has 0 aliphatic carbocycles. The fraction of sp³-hybridized carbons (Fsp3) is 0.333. The summed E-state index contributed by atoms with van der Waals surface area (Å²) in [5.41, 5.74) is -4.39. The molecule has 0 saturated heterocycles. The van der Waals surface area contributed by atoms with Crippen LogP contribution >= 0.6 is 0 Å². The molecule has 18 heavy (non-hydrogen) atoms. The molecule has 1 rings (SSSR count). The molecule has 0 radical (unpaired) electrons. The van der Waals surface area contributed by atoms with Gasteiger partial charge >= 0.3 is 12.1 Å². The zero-order chi connectivity index (χ0) is 14.1. The summed E-state index contributed by atoms with van der Waals surface area (Å²) in [5, 5.41) is 8.56. The highest BCUT2D eigenvalue weighted by Crippen LogP contribution is 2.41. The molecule has 0 bridgehead atoms. The third kappa shape index (κ3) is 2.66. The van der Waals surface area contributed by atoms with Crippen molar-refractivity contribution in [2.45, 2.75) is 12.6 Å². The van der Waals surface area contributed by atoms with Crippen molar-refractivity contribution in [1.29, 1.82) is 0 Å². The molecule has 0 aromatic carbocycles. The molecule has 0 unspecified atom stereocenters. The Morgan fingerprint density at radius 3 is 2.33 bits per heavy atom. The molecule has 0 saturated carbocycles. The van der Waals surface area contributed by atoms with E-state index in [4.69, 9.17) is 5.11 Å². The fourth-order valence-corrected chi connectivity index (χ4v) is 1.25. The number of halogens is 5. The van der Waals surface area contributed by atoms with E-state index in [9.17, 15) is 26.7 Å². The lowest BCUT2D eigenvalue weighted by molar-refractivity contribution is -0.141. The minimum absolute atomic E-state index is 0.442. The average molecular weight is 271 g/mol. The number of alkyl halides is 5. The van der Waals surface area contributed by atoms with Gasteiger partial charge < -0.3 is 9.84 Å². The van der Waals surface area contributed by atoms with E-state index >= 15 is 0 Å². The number of hydrogen-bond donors (Lipinski definition) is 1. The third-order valence-corrected chi connectivity index (χ3v) is 1.94. The quantitative estimate of drug-likeness (QED) is 0.859. The molecular formula is C9H6F5NO3. The largest absolute Gasteiger partial charge is 0.496 e. The highest BCUT2D eigenvalue weighted by atomic mass is 19.4. The molecule has 1 N–H and O–H groups in total. The highest BCUT2D eigenvalue weighted by Gasteiger charge is 2.41. The van der Waals surface area contributed by atoms with Crippen molar-refractivity contribution in [3.8, 4) is 5.75 Å². The number of nitrogens with zero attached hydrogens (tertiary/aromatic N) is 1. The average Bonchev–Trinajstić information content (AvgIpc) is 2.25. The van der Waals surface area contributed by atoms with Crippen LogP contribution in [-0.4, -0.2) is 23.2 Å². The van der Waals surface area contributed by atoms with Crippen molar-refractivity contribution in [2.75, 3.05) is 7.11 Å². The molecule has 1 aromatic heterocycles. The monoisotopic (exact) mass is 271 g/mol. The lowest BCUT2D eigenvalue weighted by atomic mass is 10.1. The second-order valence-electron chi connectivity index (χ2n) is 3.07. The Morgan fingerprint density at radius 2 is 2.00 bits per heavy atom. The van der Waals surface area contributed by atoms with E-state index in [1.807, 2.05) is 0 Å². The first-order chi connectivity index (χ1) is 8.18. The van der Waals surface area contributed by atoms with Crippen molar-refractivity contribution in [2.24, 2.45) is 0 Å². The van der Waals surface area contributed by atoms with E-state index in [1.54, 1.807) is 0 Å². The minimum Gasteiger partial charge on any atom is -0.496 e. The highest BCUT2D eigenvalue weighted by molar-refractivity contribution is 5.86. The normalized spacial score (nSPS) is 11.7. The first-order valence-corrected chi connectivity index (χ1v) is 4.36. The fourth-order valence-electron chi connectivity index (χ4n) is 1.25. The summed E-state index contributed by atoms with van der Waals surface area (Å²) in [6.45, 7) is 0. The Bertz CT molecular complexity index is 472. The van der Waals surface area contributed by atoms with Crippen LogP contribution in [0, 0.1) is 0 Å². The maximum atomic E-state index is 12.6. The molecule has 0 aliphatic heterocycles. The maximum absolute atomic E-state index is 12.6. The van der Waals surface area contributed by atoms with Crippen molar-refractivity contribution in [1.82, 2.24) is 4.98 Å². The van der Waals surface area contributed by atoms with Gasteiger partial charge in [-0.3, -0.25) is 0 Å². The van der Waals surface area contributed by atoms with Gasteiger partial charge in [-0.25, -0.2) is 18.6 Å². The van der Waals surface area contributed by atoms with E-state index in [-0.39, 0.29) is 0 Å². The zero-order valence-electron chi connectivity index (χ0n) is 8.76. The molecule has 0 atom stereocenters. The van der Waals surface area contributed by atoms with Gasteiger partial charge in [-0.15, -0.1) is 0 Å². The topological polar surface area (TPSA) is 59.4 Å². The Kier molecular flexibility index (Phi) is 3.73. The molecule has 0 spiro atoms. The number of carboxylic acid groups (broad SMARTS) is 1. The first-order valence-electron chi connectivity index (χ1n) is 4.36.